The van der Waals surface area contributed by atoms with Gasteiger partial charge in [-0.25, -0.2) is 4.39 Å². The van der Waals surface area contributed by atoms with Gasteiger partial charge < -0.3 is 10.0 Å². The maximum Gasteiger partial charge on any atom is 0.241 e. The summed E-state index contributed by atoms with van der Waals surface area (Å²) in [7, 11) is 0. The molecule has 25 heavy (non-hydrogen) atoms. The second kappa shape index (κ2) is 6.69. The number of anilines is 1. The molecule has 0 saturated carbocycles. The Hall–Kier alpha value is -1.46. The standard InChI is InChI=1S/C20H27FN2O2/c1-13-5-6-14-9-15(21)7-8-19(14)23(13)20(25)12-22-16-3-2-4-17(22)11-18(24)10-16/h7-9,13,16-18,24H,2-6,10-12H2,1H3/t13?,16-,17+,18?. The molecule has 3 heterocycles. The Morgan fingerprint density at radius 2 is 1.96 bits per heavy atom. The fourth-order valence-corrected chi connectivity index (χ4v) is 5.04. The maximum atomic E-state index is 13.5. The number of nitrogens with zero attached hydrogens (tertiary/aromatic N) is 2. The maximum absolute atomic E-state index is 13.5. The van der Waals surface area contributed by atoms with E-state index in [0.29, 0.717) is 18.6 Å². The zero-order chi connectivity index (χ0) is 17.6. The van der Waals surface area contributed by atoms with Gasteiger partial charge in [-0.05, 0) is 69.2 Å². The molecule has 1 aromatic rings. The summed E-state index contributed by atoms with van der Waals surface area (Å²) in [6.07, 6.45) is 6.35. The van der Waals surface area contributed by atoms with E-state index in [9.17, 15) is 14.3 Å². The minimum absolute atomic E-state index is 0.105. The highest BCUT2D eigenvalue weighted by molar-refractivity contribution is 5.96. The molecule has 2 saturated heterocycles. The van der Waals surface area contributed by atoms with Crippen molar-refractivity contribution in [2.45, 2.75) is 76.1 Å². The van der Waals surface area contributed by atoms with Gasteiger partial charge in [0.25, 0.3) is 0 Å². The number of fused-ring (bicyclic) bond motifs is 3. The Balaban J connectivity index is 1.55. The molecule has 2 bridgehead atoms. The molecule has 2 unspecified atom stereocenters. The molecular formula is C20H27FN2O2. The number of aryl methyl sites for hydroxylation is 1. The fourth-order valence-electron chi connectivity index (χ4n) is 5.04. The Labute approximate surface area is 148 Å². The van der Waals surface area contributed by atoms with Crippen LogP contribution in [-0.2, 0) is 11.2 Å². The number of benzene rings is 1. The van der Waals surface area contributed by atoms with E-state index in [1.54, 1.807) is 12.1 Å². The number of aliphatic hydroxyl groups is 1. The molecule has 4 nitrogen and oxygen atoms in total. The summed E-state index contributed by atoms with van der Waals surface area (Å²) in [5.41, 5.74) is 1.80. The molecule has 0 aliphatic carbocycles. The first-order valence-corrected chi connectivity index (χ1v) is 9.57. The molecule has 1 aromatic carbocycles. The molecule has 3 aliphatic rings. The van der Waals surface area contributed by atoms with Crippen LogP contribution in [0.25, 0.3) is 0 Å². The van der Waals surface area contributed by atoms with Gasteiger partial charge in [0.1, 0.15) is 5.82 Å². The lowest BCUT2D eigenvalue weighted by Crippen LogP contribution is -2.57. The second-order valence-electron chi connectivity index (χ2n) is 7.96. The minimum atomic E-state index is -0.236. The molecule has 5 heteroatoms. The minimum Gasteiger partial charge on any atom is -0.393 e. The number of hydrogen-bond donors (Lipinski definition) is 1. The summed E-state index contributed by atoms with van der Waals surface area (Å²) in [5.74, 6) is -0.131. The third kappa shape index (κ3) is 3.20. The van der Waals surface area contributed by atoms with E-state index in [1.807, 2.05) is 4.90 Å². The van der Waals surface area contributed by atoms with Gasteiger partial charge in [0.15, 0.2) is 0 Å². The van der Waals surface area contributed by atoms with Crippen LogP contribution in [0, 0.1) is 5.82 Å². The Morgan fingerprint density at radius 1 is 1.24 bits per heavy atom. The summed E-state index contributed by atoms with van der Waals surface area (Å²) < 4.78 is 13.5. The van der Waals surface area contributed by atoms with E-state index < -0.39 is 0 Å². The van der Waals surface area contributed by atoms with Gasteiger partial charge in [-0.3, -0.25) is 9.69 Å². The van der Waals surface area contributed by atoms with Crippen molar-refractivity contribution < 1.29 is 14.3 Å². The smallest absolute Gasteiger partial charge is 0.241 e. The van der Waals surface area contributed by atoms with Crippen molar-refractivity contribution in [3.8, 4) is 0 Å². The summed E-state index contributed by atoms with van der Waals surface area (Å²) in [5, 5.41) is 10.1. The van der Waals surface area contributed by atoms with Crippen LogP contribution in [0.3, 0.4) is 0 Å². The molecule has 2 fully saturated rings. The number of aliphatic hydroxyl groups excluding tert-OH is 1. The monoisotopic (exact) mass is 346 g/mol. The van der Waals surface area contributed by atoms with Crippen molar-refractivity contribution in [3.63, 3.8) is 0 Å². The highest BCUT2D eigenvalue weighted by Gasteiger charge is 2.40. The molecule has 0 spiro atoms. The molecule has 3 aliphatic heterocycles. The van der Waals surface area contributed by atoms with Crippen LogP contribution in [0.2, 0.25) is 0 Å². The number of rotatable bonds is 2. The van der Waals surface area contributed by atoms with E-state index in [4.69, 9.17) is 0 Å². The zero-order valence-corrected chi connectivity index (χ0v) is 14.8. The predicted molar refractivity (Wildman–Crippen MR) is 95.0 cm³/mol. The summed E-state index contributed by atoms with van der Waals surface area (Å²) in [6, 6.07) is 5.54. The summed E-state index contributed by atoms with van der Waals surface area (Å²) in [6.45, 7) is 2.48. The van der Waals surface area contributed by atoms with Gasteiger partial charge in [0.05, 0.1) is 12.6 Å². The SMILES string of the molecule is CC1CCc2cc(F)ccc2N1C(=O)CN1[C@@H]2CCC[C@H]1CC(O)C2. The van der Waals surface area contributed by atoms with E-state index in [0.717, 1.165) is 49.8 Å². The third-order valence-corrected chi connectivity index (χ3v) is 6.26. The van der Waals surface area contributed by atoms with Crippen molar-refractivity contribution >= 4 is 11.6 Å². The molecule has 4 rings (SSSR count). The van der Waals surface area contributed by atoms with Gasteiger partial charge in [-0.2, -0.15) is 0 Å². The van der Waals surface area contributed by atoms with Crippen molar-refractivity contribution in [2.75, 3.05) is 11.4 Å². The number of halogens is 1. The van der Waals surface area contributed by atoms with E-state index in [1.165, 1.54) is 12.5 Å². The van der Waals surface area contributed by atoms with Crippen LogP contribution in [-0.4, -0.2) is 46.7 Å². The molecule has 1 N–H and O–H groups in total. The number of hydrogen-bond acceptors (Lipinski definition) is 3. The first-order valence-electron chi connectivity index (χ1n) is 9.57. The van der Waals surface area contributed by atoms with Crippen LogP contribution < -0.4 is 4.90 Å². The Kier molecular flexibility index (Phi) is 4.54. The van der Waals surface area contributed by atoms with Crippen LogP contribution >= 0.6 is 0 Å². The van der Waals surface area contributed by atoms with Crippen LogP contribution in [0.15, 0.2) is 18.2 Å². The highest BCUT2D eigenvalue weighted by atomic mass is 19.1. The molecule has 136 valence electrons. The van der Waals surface area contributed by atoms with Gasteiger partial charge in [0, 0.05) is 23.8 Å². The van der Waals surface area contributed by atoms with Crippen molar-refractivity contribution in [2.24, 2.45) is 0 Å². The van der Waals surface area contributed by atoms with Gasteiger partial charge >= 0.3 is 0 Å². The second-order valence-corrected chi connectivity index (χ2v) is 7.96. The average Bonchev–Trinajstić information content (AvgIpc) is 2.55. The zero-order valence-electron chi connectivity index (χ0n) is 14.8. The van der Waals surface area contributed by atoms with Crippen molar-refractivity contribution in [1.82, 2.24) is 4.90 Å². The Bertz CT molecular complexity index is 651. The molecule has 0 radical (unpaired) electrons. The quantitative estimate of drug-likeness (QED) is 0.895. The summed E-state index contributed by atoms with van der Waals surface area (Å²) in [4.78, 5) is 17.4. The average molecular weight is 346 g/mol. The summed E-state index contributed by atoms with van der Waals surface area (Å²) >= 11 is 0. The van der Waals surface area contributed by atoms with Crippen LogP contribution in [0.1, 0.15) is 51.0 Å². The Morgan fingerprint density at radius 3 is 2.68 bits per heavy atom. The van der Waals surface area contributed by atoms with Crippen LogP contribution in [0.5, 0.6) is 0 Å². The van der Waals surface area contributed by atoms with Crippen LogP contribution in [0.4, 0.5) is 10.1 Å². The molecule has 4 atom stereocenters. The number of amides is 1. The molecule has 1 amide bonds. The largest absolute Gasteiger partial charge is 0.393 e. The first-order chi connectivity index (χ1) is 12.0. The first kappa shape index (κ1) is 17.0. The molecular weight excluding hydrogens is 319 g/mol. The lowest BCUT2D eigenvalue weighted by atomic mass is 9.83. The van der Waals surface area contributed by atoms with Crippen molar-refractivity contribution in [3.05, 3.63) is 29.6 Å². The predicted octanol–water partition coefficient (Wildman–Crippen LogP) is 2.87. The van der Waals surface area contributed by atoms with E-state index in [-0.39, 0.29) is 23.9 Å². The number of carbonyl (C=O) groups excluding carboxylic acids is 1. The number of carbonyl (C=O) groups is 1. The highest BCUT2D eigenvalue weighted by Crippen LogP contribution is 2.35. The van der Waals surface area contributed by atoms with Gasteiger partial charge in [-0.15, -0.1) is 0 Å². The van der Waals surface area contributed by atoms with Gasteiger partial charge in [0.2, 0.25) is 5.91 Å². The topological polar surface area (TPSA) is 43.8 Å². The van der Waals surface area contributed by atoms with E-state index in [2.05, 4.69) is 11.8 Å². The molecule has 0 aromatic heterocycles. The lowest BCUT2D eigenvalue weighted by molar-refractivity contribution is -0.124. The number of piperidine rings is 2. The van der Waals surface area contributed by atoms with Gasteiger partial charge in [-0.1, -0.05) is 6.42 Å². The normalized spacial score (nSPS) is 32.4. The fraction of sp³-hybridized carbons (Fsp3) is 0.650. The van der Waals surface area contributed by atoms with E-state index >= 15 is 0 Å². The lowest BCUT2D eigenvalue weighted by Gasteiger charge is -2.48. The third-order valence-electron chi connectivity index (χ3n) is 6.26. The van der Waals surface area contributed by atoms with Crippen molar-refractivity contribution in [1.29, 1.82) is 0 Å².